The average Bonchev–Trinajstić information content (AvgIpc) is 2.92. The number of nitrogens with zero attached hydrogens (tertiary/aromatic N) is 3. The molecule has 1 N–H and O–H groups in total. The van der Waals surface area contributed by atoms with E-state index in [-0.39, 0.29) is 0 Å². The Morgan fingerprint density at radius 3 is 2.65 bits per heavy atom. The summed E-state index contributed by atoms with van der Waals surface area (Å²) in [5.74, 6) is 0.665. The first-order valence-corrected chi connectivity index (χ1v) is 7.54. The smallest absolute Gasteiger partial charge is 0.147 e. The van der Waals surface area contributed by atoms with Crippen LogP contribution in [0.1, 0.15) is 24.4 Å². The minimum Gasteiger partial charge on any atom is -0.316 e. The van der Waals surface area contributed by atoms with Gasteiger partial charge in [-0.1, -0.05) is 37.3 Å². The molecule has 2 aromatic rings. The summed E-state index contributed by atoms with van der Waals surface area (Å²) < 4.78 is 0. The molecular formula is C15H18N4S. The van der Waals surface area contributed by atoms with Crippen LogP contribution >= 0.6 is 11.3 Å². The van der Waals surface area contributed by atoms with Crippen molar-refractivity contribution in [3.8, 4) is 16.6 Å². The zero-order chi connectivity index (χ0) is 14.4. The number of nitrogens with one attached hydrogen (secondary N) is 1. The second-order valence-corrected chi connectivity index (χ2v) is 6.10. The minimum atomic E-state index is 0.663. The molecule has 20 heavy (non-hydrogen) atoms. The standard InChI is InChI=1S/C15H18N4S/c1-11(2)10-17-8-7-14-18-19-15(20-14)13-5-3-12(9-16)4-6-13/h3-6,11,17H,7-8,10H2,1-2H3. The zero-order valence-corrected chi connectivity index (χ0v) is 12.6. The third-order valence-electron chi connectivity index (χ3n) is 2.80. The van der Waals surface area contributed by atoms with E-state index in [1.54, 1.807) is 23.5 Å². The van der Waals surface area contributed by atoms with Crippen molar-refractivity contribution in [1.82, 2.24) is 15.5 Å². The van der Waals surface area contributed by atoms with Crippen molar-refractivity contribution in [2.75, 3.05) is 13.1 Å². The second-order valence-electron chi connectivity index (χ2n) is 5.04. The predicted octanol–water partition coefficient (Wildman–Crippen LogP) is 2.86. The van der Waals surface area contributed by atoms with Gasteiger partial charge in [0.25, 0.3) is 0 Å². The highest BCUT2D eigenvalue weighted by molar-refractivity contribution is 7.14. The molecule has 0 radical (unpaired) electrons. The monoisotopic (exact) mass is 286 g/mol. The Labute approximate surface area is 123 Å². The van der Waals surface area contributed by atoms with E-state index < -0.39 is 0 Å². The molecule has 0 aliphatic carbocycles. The van der Waals surface area contributed by atoms with E-state index in [1.807, 2.05) is 12.1 Å². The van der Waals surface area contributed by atoms with E-state index >= 15 is 0 Å². The summed E-state index contributed by atoms with van der Waals surface area (Å²) >= 11 is 1.61. The molecule has 0 aliphatic heterocycles. The van der Waals surface area contributed by atoms with Crippen LogP contribution in [0.4, 0.5) is 0 Å². The van der Waals surface area contributed by atoms with E-state index in [1.165, 1.54) is 0 Å². The maximum atomic E-state index is 8.78. The summed E-state index contributed by atoms with van der Waals surface area (Å²) in [5.41, 5.74) is 1.68. The maximum absolute atomic E-state index is 8.78. The van der Waals surface area contributed by atoms with E-state index in [0.29, 0.717) is 11.5 Å². The van der Waals surface area contributed by atoms with Crippen molar-refractivity contribution in [3.63, 3.8) is 0 Å². The largest absolute Gasteiger partial charge is 0.316 e. The number of rotatable bonds is 6. The Kier molecular flexibility index (Phi) is 5.22. The summed E-state index contributed by atoms with van der Waals surface area (Å²) in [6.07, 6.45) is 0.903. The van der Waals surface area contributed by atoms with Crippen LogP contribution < -0.4 is 5.32 Å². The molecule has 1 aromatic carbocycles. The van der Waals surface area contributed by atoms with Gasteiger partial charge in [-0.2, -0.15) is 5.26 Å². The molecule has 5 heteroatoms. The lowest BCUT2D eigenvalue weighted by Crippen LogP contribution is -2.22. The van der Waals surface area contributed by atoms with Crippen LogP contribution in [0.15, 0.2) is 24.3 Å². The van der Waals surface area contributed by atoms with Gasteiger partial charge in [-0.05, 0) is 24.6 Å². The second kappa shape index (κ2) is 7.13. The fourth-order valence-electron chi connectivity index (χ4n) is 1.74. The molecule has 104 valence electrons. The third kappa shape index (κ3) is 4.12. The molecule has 0 aliphatic rings. The maximum Gasteiger partial charge on any atom is 0.147 e. The van der Waals surface area contributed by atoms with Crippen molar-refractivity contribution in [1.29, 1.82) is 5.26 Å². The van der Waals surface area contributed by atoms with Crippen LogP contribution in [0.3, 0.4) is 0 Å². The van der Waals surface area contributed by atoms with Gasteiger partial charge < -0.3 is 5.32 Å². The molecule has 0 unspecified atom stereocenters. The van der Waals surface area contributed by atoms with Crippen molar-refractivity contribution < 1.29 is 0 Å². The quantitative estimate of drug-likeness (QED) is 0.829. The molecule has 0 fully saturated rings. The summed E-state index contributed by atoms with van der Waals surface area (Å²) in [4.78, 5) is 0. The molecule has 0 atom stereocenters. The average molecular weight is 286 g/mol. The predicted molar refractivity (Wildman–Crippen MR) is 81.5 cm³/mol. The third-order valence-corrected chi connectivity index (χ3v) is 3.83. The van der Waals surface area contributed by atoms with Gasteiger partial charge >= 0.3 is 0 Å². The molecule has 2 rings (SSSR count). The molecule has 0 saturated heterocycles. The van der Waals surface area contributed by atoms with Crippen molar-refractivity contribution in [2.24, 2.45) is 5.92 Å². The lowest BCUT2D eigenvalue weighted by molar-refractivity contribution is 0.553. The highest BCUT2D eigenvalue weighted by Gasteiger charge is 2.06. The molecule has 0 spiro atoms. The van der Waals surface area contributed by atoms with Crippen molar-refractivity contribution >= 4 is 11.3 Å². The van der Waals surface area contributed by atoms with Crippen LogP contribution in [0.2, 0.25) is 0 Å². The normalized spacial score (nSPS) is 10.7. The Morgan fingerprint density at radius 2 is 2.00 bits per heavy atom. The van der Waals surface area contributed by atoms with Gasteiger partial charge in [0.15, 0.2) is 0 Å². The van der Waals surface area contributed by atoms with Gasteiger partial charge in [0.05, 0.1) is 11.6 Å². The van der Waals surface area contributed by atoms with Gasteiger partial charge in [-0.15, -0.1) is 10.2 Å². The molecule has 0 amide bonds. The van der Waals surface area contributed by atoms with Gasteiger partial charge in [-0.25, -0.2) is 0 Å². The van der Waals surface area contributed by atoms with E-state index in [4.69, 9.17) is 5.26 Å². The van der Waals surface area contributed by atoms with E-state index in [9.17, 15) is 0 Å². The first-order chi connectivity index (χ1) is 9.69. The number of hydrogen-bond acceptors (Lipinski definition) is 5. The topological polar surface area (TPSA) is 61.6 Å². The van der Waals surface area contributed by atoms with Crippen molar-refractivity contribution in [3.05, 3.63) is 34.8 Å². The Balaban J connectivity index is 1.93. The minimum absolute atomic E-state index is 0.663. The van der Waals surface area contributed by atoms with Crippen LogP contribution in [0, 0.1) is 17.2 Å². The molecule has 0 saturated carbocycles. The number of nitriles is 1. The van der Waals surface area contributed by atoms with Gasteiger partial charge in [0.2, 0.25) is 0 Å². The zero-order valence-electron chi connectivity index (χ0n) is 11.8. The highest BCUT2D eigenvalue weighted by Crippen LogP contribution is 2.23. The summed E-state index contributed by atoms with van der Waals surface area (Å²) in [6.45, 7) is 6.35. The van der Waals surface area contributed by atoms with Gasteiger partial charge in [0.1, 0.15) is 10.0 Å². The fourth-order valence-corrected chi connectivity index (χ4v) is 2.59. The molecule has 1 aromatic heterocycles. The van der Waals surface area contributed by atoms with E-state index in [0.717, 1.165) is 35.1 Å². The Morgan fingerprint density at radius 1 is 1.25 bits per heavy atom. The summed E-state index contributed by atoms with van der Waals surface area (Å²) in [5, 5.41) is 22.6. The van der Waals surface area contributed by atoms with Crippen molar-refractivity contribution in [2.45, 2.75) is 20.3 Å². The lowest BCUT2D eigenvalue weighted by Gasteiger charge is -2.05. The molecule has 0 bridgehead atoms. The first kappa shape index (κ1) is 14.6. The SMILES string of the molecule is CC(C)CNCCc1nnc(-c2ccc(C#N)cc2)s1. The molecular weight excluding hydrogens is 268 g/mol. The van der Waals surface area contributed by atoms with Crippen LogP contribution in [0.25, 0.3) is 10.6 Å². The summed E-state index contributed by atoms with van der Waals surface area (Å²) in [7, 11) is 0. The number of hydrogen-bond donors (Lipinski definition) is 1. The fraction of sp³-hybridized carbons (Fsp3) is 0.400. The lowest BCUT2D eigenvalue weighted by atomic mass is 10.2. The van der Waals surface area contributed by atoms with Gasteiger partial charge in [0, 0.05) is 18.5 Å². The van der Waals surface area contributed by atoms with Crippen LogP contribution in [-0.2, 0) is 6.42 Å². The van der Waals surface area contributed by atoms with Gasteiger partial charge in [-0.3, -0.25) is 0 Å². The summed E-state index contributed by atoms with van der Waals surface area (Å²) in [6, 6.07) is 9.56. The van der Waals surface area contributed by atoms with E-state index in [2.05, 4.69) is 35.4 Å². The highest BCUT2D eigenvalue weighted by atomic mass is 32.1. The Hall–Kier alpha value is -1.77. The Bertz CT molecular complexity index is 581. The number of aromatic nitrogens is 2. The molecule has 1 heterocycles. The van der Waals surface area contributed by atoms with Crippen LogP contribution in [-0.4, -0.2) is 23.3 Å². The number of benzene rings is 1. The first-order valence-electron chi connectivity index (χ1n) is 6.72. The van der Waals surface area contributed by atoms with Crippen LogP contribution in [0.5, 0.6) is 0 Å². The molecule has 4 nitrogen and oxygen atoms in total.